The lowest BCUT2D eigenvalue weighted by molar-refractivity contribution is 0.0490. The number of methoxy groups -OCH3 is 1. The zero-order valence-corrected chi connectivity index (χ0v) is 43.0. The number of nitrogens with one attached hydrogen (secondary N) is 4. The maximum atomic E-state index is 13.6. The molecule has 1 saturated carbocycles. The minimum atomic E-state index is -2.32. The van der Waals surface area contributed by atoms with Gasteiger partial charge in [-0.25, -0.2) is 9.59 Å². The fourth-order valence-corrected chi connectivity index (χ4v) is 10.1. The molecular formula is C53H68ClN5O9Si. The van der Waals surface area contributed by atoms with E-state index in [-0.39, 0.29) is 44.9 Å². The molecule has 6 rings (SSSR count). The molecule has 0 aliphatic heterocycles. The molecule has 4 aromatic carbocycles. The second-order valence-corrected chi connectivity index (χ2v) is 25.5. The first kappa shape index (κ1) is 52.5. The molecule has 0 radical (unpaired) electrons. The van der Waals surface area contributed by atoms with Crippen molar-refractivity contribution in [3.8, 4) is 22.6 Å². The van der Waals surface area contributed by atoms with Gasteiger partial charge in [0, 0.05) is 54.3 Å². The standard InChI is InChI=1S/C53H68ClN5O9Si/c1-52(2,3)67-50(63)57-36-18-20-37(21-19-36)59(51(64)65)43-28-33(17-22-38(43)34-15-11-10-12-16-34)14-13-27-56-49(62)41-30-45(66-7)35(29-42(41)54)31-55-32-46(68-69(8,9)53(4,5)6)39-23-25-44(60)48-40(39)24-26-47(61)58-48/h10-12,15-17,22-26,28-30,36-37,46,55,60H,13-14,18-21,27,31-32H2,1-9H3,(H,56,62)(H,57,63)(H,58,61)(H,64,65)/t36-,37-,46-/m0/s1. The van der Waals surface area contributed by atoms with Crippen molar-refractivity contribution in [2.75, 3.05) is 25.1 Å². The Morgan fingerprint density at radius 1 is 0.928 bits per heavy atom. The fraction of sp³-hybridized carbons (Fsp3) is 0.434. The van der Waals surface area contributed by atoms with Crippen LogP contribution in [0.1, 0.15) is 107 Å². The van der Waals surface area contributed by atoms with Crippen molar-refractivity contribution in [2.45, 2.75) is 129 Å². The normalized spacial score (nSPS) is 15.9. The molecule has 0 bridgehead atoms. The third kappa shape index (κ3) is 13.5. The van der Waals surface area contributed by atoms with Gasteiger partial charge < -0.3 is 45.0 Å². The van der Waals surface area contributed by atoms with Crippen LogP contribution in [0.4, 0.5) is 15.3 Å². The van der Waals surface area contributed by atoms with Crippen molar-refractivity contribution in [3.63, 3.8) is 0 Å². The highest BCUT2D eigenvalue weighted by Gasteiger charge is 2.40. The van der Waals surface area contributed by atoms with Crippen molar-refractivity contribution in [1.82, 2.24) is 20.9 Å². The van der Waals surface area contributed by atoms with Crippen LogP contribution in [0.3, 0.4) is 0 Å². The molecule has 1 aliphatic rings. The Balaban J connectivity index is 1.11. The highest BCUT2D eigenvalue weighted by molar-refractivity contribution is 6.74. The quantitative estimate of drug-likeness (QED) is 0.0386. The van der Waals surface area contributed by atoms with Crippen LogP contribution in [0.5, 0.6) is 11.5 Å². The molecule has 370 valence electrons. The van der Waals surface area contributed by atoms with Gasteiger partial charge in [0.1, 0.15) is 17.1 Å². The first-order chi connectivity index (χ1) is 32.5. The number of phenols is 1. The summed E-state index contributed by atoms with van der Waals surface area (Å²) in [6.45, 7) is 17.4. The summed E-state index contributed by atoms with van der Waals surface area (Å²) in [5.41, 5.74) is 4.46. The van der Waals surface area contributed by atoms with E-state index in [1.165, 1.54) is 11.0 Å². The van der Waals surface area contributed by atoms with Crippen molar-refractivity contribution in [2.24, 2.45) is 0 Å². The van der Waals surface area contributed by atoms with E-state index in [9.17, 15) is 29.4 Å². The number of rotatable bonds is 17. The van der Waals surface area contributed by atoms with Crippen LogP contribution in [0.25, 0.3) is 22.0 Å². The predicted molar refractivity (Wildman–Crippen MR) is 275 cm³/mol. The number of anilines is 1. The maximum Gasteiger partial charge on any atom is 0.412 e. The first-order valence-electron chi connectivity index (χ1n) is 23.6. The average molecular weight is 983 g/mol. The van der Waals surface area contributed by atoms with Gasteiger partial charge in [0.25, 0.3) is 5.91 Å². The van der Waals surface area contributed by atoms with Gasteiger partial charge in [-0.3, -0.25) is 14.5 Å². The Labute approximate surface area is 411 Å². The van der Waals surface area contributed by atoms with Crippen LogP contribution in [0.15, 0.2) is 89.7 Å². The zero-order chi connectivity index (χ0) is 50.3. The SMILES string of the molecule is COc1cc(C(=O)NCCCc2ccc(-c3ccccc3)c(N(C(=O)O)[C@H]3CC[C@H](NC(=O)OC(C)(C)C)CC3)c2)c(Cl)cc1CNC[C@H](O[Si](C)(C)C(C)(C)C)c1ccc(O)c2[nH]c(=O)ccc12. The van der Waals surface area contributed by atoms with Crippen LogP contribution < -0.4 is 31.1 Å². The van der Waals surface area contributed by atoms with Gasteiger partial charge in [0.15, 0.2) is 8.32 Å². The molecule has 69 heavy (non-hydrogen) atoms. The predicted octanol–water partition coefficient (Wildman–Crippen LogP) is 11.1. The van der Waals surface area contributed by atoms with Crippen LogP contribution in [0, 0.1) is 0 Å². The highest BCUT2D eigenvalue weighted by Crippen LogP contribution is 2.42. The lowest BCUT2D eigenvalue weighted by Crippen LogP contribution is -2.47. The number of H-pyrrole nitrogens is 1. The van der Waals surface area contributed by atoms with Crippen LogP contribution in [0.2, 0.25) is 23.2 Å². The molecule has 0 unspecified atom stereocenters. The number of benzene rings is 4. The lowest BCUT2D eigenvalue weighted by Gasteiger charge is -2.39. The van der Waals surface area contributed by atoms with Crippen molar-refractivity contribution >= 4 is 54.6 Å². The number of amides is 3. The summed E-state index contributed by atoms with van der Waals surface area (Å²) in [6, 6.07) is 25.1. The number of aromatic hydroxyl groups is 1. The van der Waals surface area contributed by atoms with Gasteiger partial charge in [0.05, 0.1) is 35.0 Å². The van der Waals surface area contributed by atoms with Gasteiger partial charge >= 0.3 is 12.2 Å². The molecule has 0 spiro atoms. The number of carbonyl (C=O) groups excluding carboxylic acids is 2. The average Bonchev–Trinajstić information content (AvgIpc) is 3.27. The third-order valence-corrected chi connectivity index (χ3v) is 17.9. The number of phenolic OH excluding ortho intramolecular Hbond substituents is 1. The number of aromatic nitrogens is 1. The van der Waals surface area contributed by atoms with Crippen LogP contribution in [-0.4, -0.2) is 79.5 Å². The Morgan fingerprint density at radius 2 is 1.64 bits per heavy atom. The monoisotopic (exact) mass is 981 g/mol. The molecule has 14 nitrogen and oxygen atoms in total. The fourth-order valence-electron chi connectivity index (χ4n) is 8.51. The van der Waals surface area contributed by atoms with Gasteiger partial charge in [0.2, 0.25) is 5.56 Å². The summed E-state index contributed by atoms with van der Waals surface area (Å²) < 4.78 is 18.2. The third-order valence-electron chi connectivity index (χ3n) is 13.1. The molecule has 16 heteroatoms. The number of hydrogen-bond acceptors (Lipinski definition) is 9. The van der Waals surface area contributed by atoms with E-state index in [4.69, 9.17) is 25.5 Å². The Hall–Kier alpha value is -5.87. The Morgan fingerprint density at radius 3 is 2.29 bits per heavy atom. The first-order valence-corrected chi connectivity index (χ1v) is 26.9. The number of fused-ring (bicyclic) bond motifs is 1. The lowest BCUT2D eigenvalue weighted by atomic mass is 9.89. The number of halogens is 1. The van der Waals surface area contributed by atoms with Crippen LogP contribution >= 0.6 is 11.6 Å². The summed E-state index contributed by atoms with van der Waals surface area (Å²) in [5, 5.41) is 31.6. The smallest absolute Gasteiger partial charge is 0.412 e. The summed E-state index contributed by atoms with van der Waals surface area (Å²) in [6.07, 6.45) is 1.56. The maximum absolute atomic E-state index is 13.6. The molecule has 3 amide bonds. The summed E-state index contributed by atoms with van der Waals surface area (Å²) in [7, 11) is -0.777. The van der Waals surface area contributed by atoms with E-state index in [1.807, 2.05) is 75.4 Å². The van der Waals surface area contributed by atoms with Crippen molar-refractivity contribution in [1.29, 1.82) is 0 Å². The van der Waals surface area contributed by atoms with E-state index in [1.54, 1.807) is 31.4 Å². The second-order valence-electron chi connectivity index (χ2n) is 20.3. The number of hydrogen-bond donors (Lipinski definition) is 6. The van der Waals surface area contributed by atoms with E-state index in [0.717, 1.165) is 27.8 Å². The van der Waals surface area contributed by atoms with E-state index in [2.05, 4.69) is 54.8 Å². The molecule has 0 saturated heterocycles. The van der Waals surface area contributed by atoms with E-state index in [0.29, 0.717) is 80.5 Å². The second kappa shape index (κ2) is 22.3. The number of aromatic amines is 1. The molecule has 1 aliphatic carbocycles. The molecule has 6 N–H and O–H groups in total. The van der Waals surface area contributed by atoms with E-state index >= 15 is 0 Å². The topological polar surface area (TPSA) is 192 Å². The molecular weight excluding hydrogens is 914 g/mol. The summed E-state index contributed by atoms with van der Waals surface area (Å²) >= 11 is 6.79. The molecule has 1 heterocycles. The highest BCUT2D eigenvalue weighted by atomic mass is 35.5. The van der Waals surface area contributed by atoms with E-state index < -0.39 is 32.2 Å². The molecule has 5 aromatic rings. The Bertz CT molecular complexity index is 2670. The van der Waals surface area contributed by atoms with Crippen molar-refractivity contribution < 1.29 is 38.5 Å². The number of carboxylic acid groups (broad SMARTS) is 1. The minimum absolute atomic E-state index is 0.0241. The van der Waals surface area contributed by atoms with Crippen LogP contribution in [-0.2, 0) is 22.1 Å². The van der Waals surface area contributed by atoms with Gasteiger partial charge in [-0.05, 0) is 124 Å². The number of aryl methyl sites for hydroxylation is 1. The number of ether oxygens (including phenoxy) is 2. The number of nitrogens with zero attached hydrogens (tertiary/aromatic N) is 1. The number of alkyl carbamates (subject to hydrolysis) is 1. The largest absolute Gasteiger partial charge is 0.506 e. The molecule has 1 atom stereocenters. The van der Waals surface area contributed by atoms with Crippen molar-refractivity contribution in [3.05, 3.63) is 123 Å². The van der Waals surface area contributed by atoms with Gasteiger partial charge in [-0.15, -0.1) is 0 Å². The zero-order valence-electron chi connectivity index (χ0n) is 41.3. The summed E-state index contributed by atoms with van der Waals surface area (Å²) in [5.74, 6) is 0.101. The molecule has 1 aromatic heterocycles. The van der Waals surface area contributed by atoms with Gasteiger partial charge in [-0.2, -0.15) is 0 Å². The Kier molecular flexibility index (Phi) is 16.9. The number of pyridine rings is 1. The van der Waals surface area contributed by atoms with Gasteiger partial charge in [-0.1, -0.05) is 80.9 Å². The number of carbonyl (C=O) groups is 3. The molecule has 1 fully saturated rings. The minimum Gasteiger partial charge on any atom is -0.506 e. The summed E-state index contributed by atoms with van der Waals surface area (Å²) in [4.78, 5) is 55.6.